The number of imidazole rings is 1. The third kappa shape index (κ3) is 3.38. The Labute approximate surface area is 181 Å². The van der Waals surface area contributed by atoms with Crippen LogP contribution in [0.25, 0.3) is 33.2 Å². The number of rotatable bonds is 3. The van der Waals surface area contributed by atoms with Gasteiger partial charge in [-0.25, -0.2) is 9.97 Å². The van der Waals surface area contributed by atoms with Crippen LogP contribution in [0.3, 0.4) is 0 Å². The summed E-state index contributed by atoms with van der Waals surface area (Å²) in [5.74, 6) is 0.104. The number of nitrogens with zero attached hydrogens (tertiary/aromatic N) is 2. The number of fused-ring (bicyclic) bond motifs is 2. The topological polar surface area (TPSA) is 70.7 Å². The number of pyridine rings is 1. The van der Waals surface area contributed by atoms with E-state index in [1.165, 1.54) is 0 Å². The number of aromatic nitrogens is 3. The fraction of sp³-hybridized carbons (Fsp3) is 0. The van der Waals surface area contributed by atoms with Crippen molar-refractivity contribution in [3.8, 4) is 11.3 Å². The molecule has 146 valence electrons. The molecule has 0 saturated carbocycles. The normalized spacial score (nSPS) is 11.1. The Hall–Kier alpha value is -3.41. The van der Waals surface area contributed by atoms with Crippen LogP contribution in [0.1, 0.15) is 10.4 Å². The Morgan fingerprint density at radius 1 is 0.833 bits per heavy atom. The second-order valence-corrected chi connectivity index (χ2v) is 7.57. The number of anilines is 1. The maximum Gasteiger partial charge on any atom is 0.258 e. The number of benzene rings is 3. The molecule has 0 unspecified atom stereocenters. The molecule has 1 amide bonds. The predicted octanol–water partition coefficient (Wildman–Crippen LogP) is 6.34. The van der Waals surface area contributed by atoms with Gasteiger partial charge in [-0.05, 0) is 36.4 Å². The molecule has 0 saturated heterocycles. The van der Waals surface area contributed by atoms with Gasteiger partial charge in [-0.15, -0.1) is 0 Å². The van der Waals surface area contributed by atoms with E-state index in [1.807, 2.05) is 54.6 Å². The van der Waals surface area contributed by atoms with Crippen molar-refractivity contribution >= 4 is 57.0 Å². The Kier molecular flexibility index (Phi) is 4.62. The van der Waals surface area contributed by atoms with Crippen LogP contribution < -0.4 is 5.32 Å². The molecular weight excluding hydrogens is 419 g/mol. The third-order valence-corrected chi connectivity index (χ3v) is 5.54. The minimum atomic E-state index is -0.283. The van der Waals surface area contributed by atoms with Crippen molar-refractivity contribution < 1.29 is 4.79 Å². The number of carbonyl (C=O) groups is 1. The Morgan fingerprint density at radius 2 is 1.60 bits per heavy atom. The molecular formula is C23H14Cl2N4O. The van der Waals surface area contributed by atoms with Crippen LogP contribution in [0.15, 0.2) is 72.8 Å². The number of hydrogen-bond donors (Lipinski definition) is 2. The standard InChI is InChI=1S/C23H14Cl2N4O/c24-16-10-9-13(11-17(16)25)21-12-15(14-5-1-2-6-18(14)26-21)22(30)29-23-27-19-7-3-4-8-20(19)28-23/h1-12H,(H2,27,28,29,30). The first kappa shape index (κ1) is 18.6. The monoisotopic (exact) mass is 432 g/mol. The Morgan fingerprint density at radius 3 is 2.40 bits per heavy atom. The summed E-state index contributed by atoms with van der Waals surface area (Å²) in [6.07, 6.45) is 0. The van der Waals surface area contributed by atoms with Crippen molar-refractivity contribution in [2.24, 2.45) is 0 Å². The van der Waals surface area contributed by atoms with Crippen molar-refractivity contribution in [3.05, 3.63) is 88.4 Å². The second-order valence-electron chi connectivity index (χ2n) is 6.76. The Bertz CT molecular complexity index is 1390. The van der Waals surface area contributed by atoms with Crippen LogP contribution in [0.5, 0.6) is 0 Å². The average molecular weight is 433 g/mol. The lowest BCUT2D eigenvalue weighted by Gasteiger charge is -2.10. The molecule has 5 nitrogen and oxygen atoms in total. The first-order valence-corrected chi connectivity index (χ1v) is 9.95. The molecule has 3 aromatic carbocycles. The summed E-state index contributed by atoms with van der Waals surface area (Å²) in [5, 5.41) is 4.49. The number of aromatic amines is 1. The summed E-state index contributed by atoms with van der Waals surface area (Å²) in [5.41, 5.74) is 4.22. The second kappa shape index (κ2) is 7.44. The average Bonchev–Trinajstić information content (AvgIpc) is 3.17. The summed E-state index contributed by atoms with van der Waals surface area (Å²) in [6.45, 7) is 0. The van der Waals surface area contributed by atoms with Crippen LogP contribution in [-0.4, -0.2) is 20.9 Å². The SMILES string of the molecule is O=C(Nc1nc2ccccc2[nH]1)c1cc(-c2ccc(Cl)c(Cl)c2)nc2ccccc12. The molecule has 7 heteroatoms. The predicted molar refractivity (Wildman–Crippen MR) is 121 cm³/mol. The maximum absolute atomic E-state index is 13.2. The van der Waals surface area contributed by atoms with Gasteiger partial charge in [0, 0.05) is 10.9 Å². The molecule has 0 fully saturated rings. The van der Waals surface area contributed by atoms with E-state index in [2.05, 4.69) is 15.3 Å². The zero-order valence-corrected chi connectivity index (χ0v) is 17.0. The molecule has 0 aliphatic rings. The first-order chi connectivity index (χ1) is 14.6. The molecule has 0 aliphatic carbocycles. The lowest BCUT2D eigenvalue weighted by molar-refractivity contribution is 0.102. The third-order valence-electron chi connectivity index (χ3n) is 4.80. The summed E-state index contributed by atoms with van der Waals surface area (Å²) < 4.78 is 0. The van der Waals surface area contributed by atoms with Gasteiger partial charge in [-0.2, -0.15) is 0 Å². The zero-order valence-electron chi connectivity index (χ0n) is 15.5. The van der Waals surface area contributed by atoms with E-state index in [4.69, 9.17) is 28.2 Å². The number of para-hydroxylation sites is 3. The van der Waals surface area contributed by atoms with Gasteiger partial charge >= 0.3 is 0 Å². The van der Waals surface area contributed by atoms with Crippen LogP contribution in [-0.2, 0) is 0 Å². The van der Waals surface area contributed by atoms with E-state index in [0.29, 0.717) is 32.8 Å². The van der Waals surface area contributed by atoms with Crippen molar-refractivity contribution in [2.75, 3.05) is 5.32 Å². The molecule has 0 spiro atoms. The number of halogens is 2. The van der Waals surface area contributed by atoms with Crippen molar-refractivity contribution in [1.29, 1.82) is 0 Å². The molecule has 2 aromatic heterocycles. The van der Waals surface area contributed by atoms with Crippen molar-refractivity contribution in [3.63, 3.8) is 0 Å². The van der Waals surface area contributed by atoms with Gasteiger partial charge in [0.2, 0.25) is 5.95 Å². The number of amides is 1. The molecule has 30 heavy (non-hydrogen) atoms. The molecule has 5 rings (SSSR count). The summed E-state index contributed by atoms with van der Waals surface area (Å²) in [6, 6.07) is 22.1. The van der Waals surface area contributed by atoms with Crippen molar-refractivity contribution in [1.82, 2.24) is 15.0 Å². The molecule has 2 heterocycles. The van der Waals surface area contributed by atoms with Gasteiger partial charge in [0.15, 0.2) is 0 Å². The van der Waals surface area contributed by atoms with E-state index in [1.54, 1.807) is 18.2 Å². The highest BCUT2D eigenvalue weighted by Gasteiger charge is 2.16. The molecule has 0 radical (unpaired) electrons. The first-order valence-electron chi connectivity index (χ1n) is 9.20. The van der Waals surface area contributed by atoms with Gasteiger partial charge in [-0.1, -0.05) is 59.6 Å². The maximum atomic E-state index is 13.2. The van der Waals surface area contributed by atoms with E-state index in [-0.39, 0.29) is 5.91 Å². The molecule has 5 aromatic rings. The number of H-pyrrole nitrogens is 1. The van der Waals surface area contributed by atoms with Gasteiger partial charge < -0.3 is 4.98 Å². The largest absolute Gasteiger partial charge is 0.324 e. The van der Waals surface area contributed by atoms with Gasteiger partial charge in [0.1, 0.15) is 0 Å². The van der Waals surface area contributed by atoms with E-state index >= 15 is 0 Å². The highest BCUT2D eigenvalue weighted by molar-refractivity contribution is 6.42. The highest BCUT2D eigenvalue weighted by atomic mass is 35.5. The summed E-state index contributed by atoms with van der Waals surface area (Å²) >= 11 is 12.2. The van der Waals surface area contributed by atoms with Crippen LogP contribution in [0.4, 0.5) is 5.95 Å². The minimum Gasteiger partial charge on any atom is -0.324 e. The Balaban J connectivity index is 1.59. The number of nitrogens with one attached hydrogen (secondary N) is 2. The number of carbonyl (C=O) groups excluding carboxylic acids is 1. The van der Waals surface area contributed by atoms with E-state index in [0.717, 1.165) is 22.0 Å². The summed E-state index contributed by atoms with van der Waals surface area (Å²) in [4.78, 5) is 25.4. The van der Waals surface area contributed by atoms with Crippen molar-refractivity contribution in [2.45, 2.75) is 0 Å². The molecule has 0 atom stereocenters. The quantitative estimate of drug-likeness (QED) is 0.349. The van der Waals surface area contributed by atoms with Crippen LogP contribution in [0, 0.1) is 0 Å². The molecule has 2 N–H and O–H groups in total. The van der Waals surface area contributed by atoms with Gasteiger partial charge in [0.05, 0.1) is 37.9 Å². The lowest BCUT2D eigenvalue weighted by Crippen LogP contribution is -2.14. The smallest absolute Gasteiger partial charge is 0.258 e. The summed E-state index contributed by atoms with van der Waals surface area (Å²) in [7, 11) is 0. The lowest BCUT2D eigenvalue weighted by atomic mass is 10.0. The fourth-order valence-electron chi connectivity index (χ4n) is 3.35. The van der Waals surface area contributed by atoms with Gasteiger partial charge in [-0.3, -0.25) is 10.1 Å². The van der Waals surface area contributed by atoms with Crippen LogP contribution >= 0.6 is 23.2 Å². The van der Waals surface area contributed by atoms with Crippen LogP contribution in [0.2, 0.25) is 10.0 Å². The zero-order chi connectivity index (χ0) is 20.7. The highest BCUT2D eigenvalue weighted by Crippen LogP contribution is 2.30. The van der Waals surface area contributed by atoms with E-state index in [9.17, 15) is 4.79 Å². The molecule has 0 bridgehead atoms. The fourth-order valence-corrected chi connectivity index (χ4v) is 3.65. The number of hydrogen-bond acceptors (Lipinski definition) is 3. The molecule has 0 aliphatic heterocycles. The van der Waals surface area contributed by atoms with Gasteiger partial charge in [0.25, 0.3) is 5.91 Å². The minimum absolute atomic E-state index is 0.283. The van der Waals surface area contributed by atoms with E-state index < -0.39 is 0 Å².